The predicted molar refractivity (Wildman–Crippen MR) is 99.9 cm³/mol. The number of nitrogens with one attached hydrogen (secondary N) is 1. The van der Waals surface area contributed by atoms with Crippen molar-refractivity contribution in [2.45, 2.75) is 32.2 Å². The van der Waals surface area contributed by atoms with Gasteiger partial charge in [-0.2, -0.15) is 0 Å². The highest BCUT2D eigenvalue weighted by molar-refractivity contribution is 5.87. The van der Waals surface area contributed by atoms with Gasteiger partial charge in [-0.05, 0) is 56.6 Å². The maximum absolute atomic E-state index is 12.5. The van der Waals surface area contributed by atoms with Gasteiger partial charge in [0, 0.05) is 17.5 Å². The lowest BCUT2D eigenvalue weighted by atomic mass is 10.1. The largest absolute Gasteiger partial charge is 0.468 e. The van der Waals surface area contributed by atoms with E-state index in [9.17, 15) is 4.79 Å². The van der Waals surface area contributed by atoms with Crippen LogP contribution in [0.3, 0.4) is 0 Å². The summed E-state index contributed by atoms with van der Waals surface area (Å²) < 4.78 is 11.2. The molecule has 0 bridgehead atoms. The van der Waals surface area contributed by atoms with Crippen molar-refractivity contribution in [2.75, 3.05) is 19.6 Å². The number of furan rings is 2. The van der Waals surface area contributed by atoms with Gasteiger partial charge >= 0.3 is 0 Å². The van der Waals surface area contributed by atoms with Crippen molar-refractivity contribution in [2.24, 2.45) is 0 Å². The number of rotatable bonds is 6. The van der Waals surface area contributed by atoms with Crippen molar-refractivity contribution < 1.29 is 13.6 Å². The number of benzene rings is 1. The van der Waals surface area contributed by atoms with Crippen LogP contribution < -0.4 is 5.32 Å². The molecule has 1 saturated heterocycles. The maximum atomic E-state index is 12.5. The van der Waals surface area contributed by atoms with Gasteiger partial charge in [-0.1, -0.05) is 12.1 Å². The molecule has 0 radical (unpaired) electrons. The van der Waals surface area contributed by atoms with E-state index in [0.717, 1.165) is 40.9 Å². The number of carbonyl (C=O) groups excluding carboxylic acids is 1. The number of hydrogen-bond donors (Lipinski definition) is 1. The summed E-state index contributed by atoms with van der Waals surface area (Å²) in [5.74, 6) is 0.917. The first-order chi connectivity index (χ1) is 12.7. The van der Waals surface area contributed by atoms with E-state index < -0.39 is 0 Å². The van der Waals surface area contributed by atoms with Crippen LogP contribution >= 0.6 is 0 Å². The Labute approximate surface area is 153 Å². The van der Waals surface area contributed by atoms with Crippen LogP contribution in [0.5, 0.6) is 0 Å². The Balaban J connectivity index is 1.41. The number of aryl methyl sites for hydroxylation is 1. The number of hydrogen-bond acceptors (Lipinski definition) is 4. The summed E-state index contributed by atoms with van der Waals surface area (Å²) >= 11 is 0. The molecule has 5 nitrogen and oxygen atoms in total. The molecule has 1 amide bonds. The number of carbonyl (C=O) groups is 1. The van der Waals surface area contributed by atoms with E-state index in [1.54, 1.807) is 12.5 Å². The van der Waals surface area contributed by atoms with E-state index in [1.807, 2.05) is 37.3 Å². The lowest BCUT2D eigenvalue weighted by Gasteiger charge is -2.26. The van der Waals surface area contributed by atoms with Crippen LogP contribution in [0.25, 0.3) is 11.0 Å². The minimum atomic E-state index is 0.00373. The van der Waals surface area contributed by atoms with E-state index in [1.165, 1.54) is 12.8 Å². The number of fused-ring (bicyclic) bond motifs is 1. The summed E-state index contributed by atoms with van der Waals surface area (Å²) in [6.07, 6.45) is 6.10. The second-order valence-electron chi connectivity index (χ2n) is 7.02. The van der Waals surface area contributed by atoms with Crippen molar-refractivity contribution in [3.05, 3.63) is 59.7 Å². The molecule has 0 aliphatic carbocycles. The molecule has 2 aromatic heterocycles. The molecule has 26 heavy (non-hydrogen) atoms. The second kappa shape index (κ2) is 7.38. The Hall–Kier alpha value is -2.53. The van der Waals surface area contributed by atoms with Crippen LogP contribution in [0, 0.1) is 6.92 Å². The number of likely N-dealkylation sites (tertiary alicyclic amines) is 1. The third-order valence-electron chi connectivity index (χ3n) is 5.11. The van der Waals surface area contributed by atoms with Crippen LogP contribution in [-0.2, 0) is 11.2 Å². The summed E-state index contributed by atoms with van der Waals surface area (Å²) in [5, 5.41) is 4.09. The first-order valence-electron chi connectivity index (χ1n) is 9.21. The zero-order valence-electron chi connectivity index (χ0n) is 15.0. The van der Waals surface area contributed by atoms with Crippen molar-refractivity contribution in [1.29, 1.82) is 0 Å². The second-order valence-corrected chi connectivity index (χ2v) is 7.02. The van der Waals surface area contributed by atoms with E-state index in [4.69, 9.17) is 8.83 Å². The number of amides is 1. The van der Waals surface area contributed by atoms with Gasteiger partial charge in [0.15, 0.2) is 0 Å². The first kappa shape index (κ1) is 16.9. The SMILES string of the molecule is Cc1ccc2c(CC(=O)NC[C@H](c3ccco3)N3CCCC3)coc2c1. The van der Waals surface area contributed by atoms with Crippen LogP contribution in [0.1, 0.15) is 35.8 Å². The highest BCUT2D eigenvalue weighted by Gasteiger charge is 2.26. The first-order valence-corrected chi connectivity index (χ1v) is 9.21. The van der Waals surface area contributed by atoms with Crippen LogP contribution in [0.2, 0.25) is 0 Å². The topological polar surface area (TPSA) is 58.6 Å². The molecule has 1 aromatic carbocycles. The molecule has 0 saturated carbocycles. The molecule has 136 valence electrons. The quantitative estimate of drug-likeness (QED) is 0.732. The van der Waals surface area contributed by atoms with Gasteiger partial charge in [0.1, 0.15) is 11.3 Å². The van der Waals surface area contributed by atoms with Gasteiger partial charge in [0.25, 0.3) is 0 Å². The molecular weight excluding hydrogens is 328 g/mol. The van der Waals surface area contributed by atoms with Gasteiger partial charge in [-0.25, -0.2) is 0 Å². The molecule has 0 spiro atoms. The maximum Gasteiger partial charge on any atom is 0.224 e. The van der Waals surface area contributed by atoms with Crippen LogP contribution in [-0.4, -0.2) is 30.4 Å². The van der Waals surface area contributed by atoms with E-state index >= 15 is 0 Å². The molecule has 0 unspecified atom stereocenters. The highest BCUT2D eigenvalue weighted by atomic mass is 16.3. The van der Waals surface area contributed by atoms with E-state index in [0.29, 0.717) is 13.0 Å². The zero-order chi connectivity index (χ0) is 17.9. The van der Waals surface area contributed by atoms with Gasteiger partial charge in [0.05, 0.1) is 25.0 Å². The average molecular weight is 352 g/mol. The Morgan fingerprint density at radius 3 is 2.85 bits per heavy atom. The molecule has 3 heterocycles. The zero-order valence-corrected chi connectivity index (χ0v) is 15.0. The van der Waals surface area contributed by atoms with Crippen molar-refractivity contribution in [3.8, 4) is 0 Å². The molecule has 1 aliphatic heterocycles. The van der Waals surface area contributed by atoms with Crippen molar-refractivity contribution in [3.63, 3.8) is 0 Å². The van der Waals surface area contributed by atoms with Gasteiger partial charge < -0.3 is 14.2 Å². The van der Waals surface area contributed by atoms with Crippen LogP contribution in [0.4, 0.5) is 0 Å². The lowest BCUT2D eigenvalue weighted by Crippen LogP contribution is -2.37. The molecule has 1 atom stereocenters. The Morgan fingerprint density at radius 1 is 1.23 bits per heavy atom. The fraction of sp³-hybridized carbons (Fsp3) is 0.381. The van der Waals surface area contributed by atoms with Crippen molar-refractivity contribution >= 4 is 16.9 Å². The molecule has 1 fully saturated rings. The average Bonchev–Trinajstić information content (AvgIpc) is 3.37. The normalized spacial score (nSPS) is 16.2. The monoisotopic (exact) mass is 352 g/mol. The lowest BCUT2D eigenvalue weighted by molar-refractivity contribution is -0.120. The standard InChI is InChI=1S/C21H24N2O3/c1-15-6-7-17-16(14-26-20(17)11-15)12-21(24)22-13-18(19-5-4-10-25-19)23-8-2-3-9-23/h4-7,10-11,14,18H,2-3,8-9,12-13H2,1H3,(H,22,24)/t18-/m1/s1. The van der Waals surface area contributed by atoms with Crippen molar-refractivity contribution in [1.82, 2.24) is 10.2 Å². The summed E-state index contributed by atoms with van der Waals surface area (Å²) in [4.78, 5) is 14.9. The molecular formula is C21H24N2O3. The van der Waals surface area contributed by atoms with Gasteiger partial charge in [0.2, 0.25) is 5.91 Å². The third-order valence-corrected chi connectivity index (χ3v) is 5.11. The van der Waals surface area contributed by atoms with Crippen LogP contribution in [0.15, 0.2) is 51.7 Å². The fourth-order valence-electron chi connectivity index (χ4n) is 3.72. The smallest absolute Gasteiger partial charge is 0.224 e. The third kappa shape index (κ3) is 3.53. The number of nitrogens with zero attached hydrogens (tertiary/aromatic N) is 1. The Morgan fingerprint density at radius 2 is 2.08 bits per heavy atom. The highest BCUT2D eigenvalue weighted by Crippen LogP contribution is 2.25. The summed E-state index contributed by atoms with van der Waals surface area (Å²) in [7, 11) is 0. The van der Waals surface area contributed by atoms with E-state index in [2.05, 4.69) is 10.2 Å². The minimum Gasteiger partial charge on any atom is -0.468 e. The van der Waals surface area contributed by atoms with E-state index in [-0.39, 0.29) is 11.9 Å². The molecule has 4 rings (SSSR count). The van der Waals surface area contributed by atoms with Gasteiger partial charge in [-0.15, -0.1) is 0 Å². The molecule has 3 aromatic rings. The Kier molecular flexibility index (Phi) is 4.80. The Bertz CT molecular complexity index is 876. The molecule has 1 N–H and O–H groups in total. The minimum absolute atomic E-state index is 0.00373. The summed E-state index contributed by atoms with van der Waals surface area (Å²) in [6, 6.07) is 10.0. The predicted octanol–water partition coefficient (Wildman–Crippen LogP) is 3.83. The molecule has 5 heteroatoms. The summed E-state index contributed by atoms with van der Waals surface area (Å²) in [6.45, 7) is 4.68. The van der Waals surface area contributed by atoms with Gasteiger partial charge in [-0.3, -0.25) is 9.69 Å². The molecule has 1 aliphatic rings. The summed E-state index contributed by atoms with van der Waals surface area (Å²) in [5.41, 5.74) is 2.90. The fourth-order valence-corrected chi connectivity index (χ4v) is 3.72.